The highest BCUT2D eigenvalue weighted by Crippen LogP contribution is 2.30. The van der Waals surface area contributed by atoms with Gasteiger partial charge in [0.15, 0.2) is 0 Å². The van der Waals surface area contributed by atoms with Crippen molar-refractivity contribution in [1.29, 1.82) is 0 Å². The monoisotopic (exact) mass is 239 g/mol. The molecule has 0 aliphatic rings. The fourth-order valence-corrected chi connectivity index (χ4v) is 1.64. The van der Waals surface area contributed by atoms with E-state index in [4.69, 9.17) is 5.73 Å². The van der Waals surface area contributed by atoms with Gasteiger partial charge in [0.1, 0.15) is 6.33 Å². The molecule has 0 aliphatic heterocycles. The van der Waals surface area contributed by atoms with Gasteiger partial charge in [-0.2, -0.15) is 0 Å². The fourth-order valence-electron chi connectivity index (χ4n) is 1.64. The first-order valence-electron chi connectivity index (χ1n) is 5.46. The Labute approximate surface area is 99.8 Å². The molecule has 0 fully saturated rings. The van der Waals surface area contributed by atoms with Crippen LogP contribution in [-0.4, -0.2) is 28.0 Å². The number of hydrogen-bond donors (Lipinski definition) is 1. The first kappa shape index (κ1) is 13.1. The third-order valence-corrected chi connectivity index (χ3v) is 2.72. The summed E-state index contributed by atoms with van der Waals surface area (Å²) < 4.78 is 0. The number of nitrogen functional groups attached to an aromatic ring is 1. The third-order valence-electron chi connectivity index (χ3n) is 2.72. The number of rotatable bonds is 5. The Hall–Kier alpha value is -1.92. The van der Waals surface area contributed by atoms with E-state index in [1.807, 2.05) is 6.92 Å². The van der Waals surface area contributed by atoms with Crippen molar-refractivity contribution in [3.8, 4) is 0 Å². The summed E-state index contributed by atoms with van der Waals surface area (Å²) in [5.41, 5.74) is 5.29. The van der Waals surface area contributed by atoms with Gasteiger partial charge in [0.25, 0.3) is 0 Å². The molecule has 0 aliphatic carbocycles. The largest absolute Gasteiger partial charge is 0.378 e. The zero-order valence-electron chi connectivity index (χ0n) is 10.3. The van der Waals surface area contributed by atoms with Gasteiger partial charge in [0, 0.05) is 13.1 Å². The highest BCUT2D eigenvalue weighted by atomic mass is 16.6. The SMILES string of the molecule is CCCC(C)N(C)c1ncnc(N)c1[N+](=O)[O-]. The minimum Gasteiger partial charge on any atom is -0.378 e. The van der Waals surface area contributed by atoms with Crippen LogP contribution in [0.5, 0.6) is 0 Å². The molecule has 0 amide bonds. The summed E-state index contributed by atoms with van der Waals surface area (Å²) in [4.78, 5) is 19.8. The van der Waals surface area contributed by atoms with Crippen LogP contribution in [0.4, 0.5) is 17.3 Å². The van der Waals surface area contributed by atoms with E-state index in [0.29, 0.717) is 0 Å². The van der Waals surface area contributed by atoms with Gasteiger partial charge in [-0.25, -0.2) is 9.97 Å². The lowest BCUT2D eigenvalue weighted by Crippen LogP contribution is -2.30. The second kappa shape index (κ2) is 5.42. The summed E-state index contributed by atoms with van der Waals surface area (Å²) in [5.74, 6) is 0.166. The molecule has 0 aromatic carbocycles. The number of anilines is 2. The van der Waals surface area contributed by atoms with E-state index < -0.39 is 4.92 Å². The molecule has 2 N–H and O–H groups in total. The van der Waals surface area contributed by atoms with Crippen molar-refractivity contribution in [2.45, 2.75) is 32.7 Å². The van der Waals surface area contributed by atoms with Crippen LogP contribution >= 0.6 is 0 Å². The first-order chi connectivity index (χ1) is 7.99. The summed E-state index contributed by atoms with van der Waals surface area (Å²) in [6.45, 7) is 4.05. The van der Waals surface area contributed by atoms with E-state index >= 15 is 0 Å². The van der Waals surface area contributed by atoms with Crippen LogP contribution in [0.25, 0.3) is 0 Å². The average Bonchev–Trinajstić information content (AvgIpc) is 2.27. The number of nitrogens with two attached hydrogens (primary N) is 1. The minimum absolute atomic E-state index is 0.101. The second-order valence-electron chi connectivity index (χ2n) is 3.94. The second-order valence-corrected chi connectivity index (χ2v) is 3.94. The predicted octanol–water partition coefficient (Wildman–Crippen LogP) is 1.59. The van der Waals surface area contributed by atoms with Crippen LogP contribution in [0.2, 0.25) is 0 Å². The molecule has 1 heterocycles. The van der Waals surface area contributed by atoms with Crippen LogP contribution in [0.15, 0.2) is 6.33 Å². The van der Waals surface area contributed by atoms with E-state index in [1.165, 1.54) is 6.33 Å². The molecule has 7 heteroatoms. The summed E-state index contributed by atoms with van der Waals surface area (Å²) in [5, 5.41) is 10.9. The highest BCUT2D eigenvalue weighted by molar-refractivity contribution is 5.68. The normalized spacial score (nSPS) is 12.2. The molecule has 0 saturated heterocycles. The van der Waals surface area contributed by atoms with Crippen molar-refractivity contribution in [3.63, 3.8) is 0 Å². The van der Waals surface area contributed by atoms with E-state index in [0.717, 1.165) is 12.8 Å². The third kappa shape index (κ3) is 2.80. The topological polar surface area (TPSA) is 98.2 Å². The lowest BCUT2D eigenvalue weighted by Gasteiger charge is -2.25. The van der Waals surface area contributed by atoms with Crippen LogP contribution in [-0.2, 0) is 0 Å². The quantitative estimate of drug-likeness (QED) is 0.618. The van der Waals surface area contributed by atoms with E-state index in [9.17, 15) is 10.1 Å². The smallest absolute Gasteiger partial charge is 0.353 e. The summed E-state index contributed by atoms with van der Waals surface area (Å²) in [6.07, 6.45) is 3.17. The number of nitrogens with zero attached hydrogens (tertiary/aromatic N) is 4. The Morgan fingerprint density at radius 2 is 2.24 bits per heavy atom. The van der Waals surface area contributed by atoms with Crippen molar-refractivity contribution in [3.05, 3.63) is 16.4 Å². The molecule has 1 aromatic heterocycles. The number of aromatic nitrogens is 2. The molecule has 1 rings (SSSR count). The van der Waals surface area contributed by atoms with Gasteiger partial charge in [-0.15, -0.1) is 0 Å². The zero-order valence-corrected chi connectivity index (χ0v) is 10.3. The van der Waals surface area contributed by atoms with Crippen LogP contribution in [0, 0.1) is 10.1 Å². The Balaban J connectivity index is 3.13. The summed E-state index contributed by atoms with van der Waals surface area (Å²) in [6, 6.07) is 0.160. The molecule has 94 valence electrons. The maximum absolute atomic E-state index is 10.9. The molecule has 1 unspecified atom stereocenters. The molecular formula is C10H17N5O2. The Morgan fingerprint density at radius 3 is 2.76 bits per heavy atom. The van der Waals surface area contributed by atoms with Crippen molar-refractivity contribution in [1.82, 2.24) is 9.97 Å². The standard InChI is InChI=1S/C10H17N5O2/c1-4-5-7(2)14(3)10-8(15(16)17)9(11)12-6-13-10/h6-7H,4-5H2,1-3H3,(H2,11,12,13). The first-order valence-corrected chi connectivity index (χ1v) is 5.46. The van der Waals surface area contributed by atoms with Crippen LogP contribution in [0.1, 0.15) is 26.7 Å². The fraction of sp³-hybridized carbons (Fsp3) is 0.600. The van der Waals surface area contributed by atoms with E-state index in [-0.39, 0.29) is 23.4 Å². The molecule has 7 nitrogen and oxygen atoms in total. The summed E-state index contributed by atoms with van der Waals surface area (Å²) in [7, 11) is 1.77. The van der Waals surface area contributed by atoms with Gasteiger partial charge < -0.3 is 10.6 Å². The average molecular weight is 239 g/mol. The van der Waals surface area contributed by atoms with Gasteiger partial charge in [0.05, 0.1) is 4.92 Å². The van der Waals surface area contributed by atoms with E-state index in [1.54, 1.807) is 11.9 Å². The van der Waals surface area contributed by atoms with Gasteiger partial charge >= 0.3 is 5.69 Å². The minimum atomic E-state index is -0.542. The van der Waals surface area contributed by atoms with Gasteiger partial charge in [-0.3, -0.25) is 10.1 Å². The van der Waals surface area contributed by atoms with Crippen molar-refractivity contribution < 1.29 is 4.92 Å². The zero-order chi connectivity index (χ0) is 13.0. The predicted molar refractivity (Wildman–Crippen MR) is 65.9 cm³/mol. The van der Waals surface area contributed by atoms with Crippen molar-refractivity contribution in [2.24, 2.45) is 0 Å². The lowest BCUT2D eigenvalue weighted by molar-refractivity contribution is -0.383. The van der Waals surface area contributed by atoms with Crippen LogP contribution < -0.4 is 10.6 Å². The molecule has 0 spiro atoms. The molecule has 1 aromatic rings. The Bertz CT molecular complexity index is 410. The maximum Gasteiger partial charge on any atom is 0.353 e. The summed E-state index contributed by atoms with van der Waals surface area (Å²) >= 11 is 0. The molecule has 1 atom stereocenters. The molecule has 0 bridgehead atoms. The van der Waals surface area contributed by atoms with E-state index in [2.05, 4.69) is 16.9 Å². The molecular weight excluding hydrogens is 222 g/mol. The van der Waals surface area contributed by atoms with Gasteiger partial charge in [0.2, 0.25) is 11.6 Å². The van der Waals surface area contributed by atoms with Crippen molar-refractivity contribution in [2.75, 3.05) is 17.7 Å². The number of nitro groups is 1. The van der Waals surface area contributed by atoms with Crippen LogP contribution in [0.3, 0.4) is 0 Å². The van der Waals surface area contributed by atoms with Gasteiger partial charge in [-0.05, 0) is 13.3 Å². The lowest BCUT2D eigenvalue weighted by atomic mass is 10.2. The van der Waals surface area contributed by atoms with Gasteiger partial charge in [-0.1, -0.05) is 13.3 Å². The molecule has 17 heavy (non-hydrogen) atoms. The molecule has 0 saturated carbocycles. The maximum atomic E-state index is 10.9. The highest BCUT2D eigenvalue weighted by Gasteiger charge is 2.25. The number of hydrogen-bond acceptors (Lipinski definition) is 6. The Kier molecular flexibility index (Phi) is 4.19. The van der Waals surface area contributed by atoms with Crippen molar-refractivity contribution >= 4 is 17.3 Å². The molecule has 0 radical (unpaired) electrons. The Morgan fingerprint density at radius 1 is 1.59 bits per heavy atom.